The van der Waals surface area contributed by atoms with Gasteiger partial charge in [0.15, 0.2) is 0 Å². The van der Waals surface area contributed by atoms with Gasteiger partial charge in [0.1, 0.15) is 17.4 Å². The third kappa shape index (κ3) is 4.37. The Morgan fingerprint density at radius 3 is 2.46 bits per heavy atom. The molecule has 5 nitrogen and oxygen atoms in total. The van der Waals surface area contributed by atoms with Crippen LogP contribution in [0.1, 0.15) is 25.3 Å². The van der Waals surface area contributed by atoms with Crippen molar-refractivity contribution in [1.29, 1.82) is 5.26 Å². The second-order valence-electron chi connectivity index (χ2n) is 5.56. The summed E-state index contributed by atoms with van der Waals surface area (Å²) in [5.41, 5.74) is 2.42. The number of carbonyl (C=O) groups excluding carboxylic acids is 1. The van der Waals surface area contributed by atoms with Gasteiger partial charge in [-0.1, -0.05) is 32.0 Å². The molecule has 0 aliphatic heterocycles. The van der Waals surface area contributed by atoms with E-state index in [0.717, 1.165) is 11.3 Å². The first-order valence-electron chi connectivity index (χ1n) is 7.57. The second kappa shape index (κ2) is 7.84. The number of nitriles is 1. The van der Waals surface area contributed by atoms with Crippen LogP contribution in [0, 0.1) is 11.3 Å². The minimum absolute atomic E-state index is 0.0402. The van der Waals surface area contributed by atoms with E-state index in [9.17, 15) is 15.2 Å². The largest absolute Gasteiger partial charge is 0.508 e. The summed E-state index contributed by atoms with van der Waals surface area (Å²) in [6, 6.07) is 15.7. The normalized spacial score (nSPS) is 11.0. The third-order valence-electron chi connectivity index (χ3n) is 3.45. The molecule has 1 amide bonds. The maximum Gasteiger partial charge on any atom is 0.267 e. The van der Waals surface area contributed by atoms with Crippen molar-refractivity contribution in [3.05, 3.63) is 65.9 Å². The van der Waals surface area contributed by atoms with Crippen molar-refractivity contribution >= 4 is 17.3 Å². The molecule has 0 aliphatic rings. The summed E-state index contributed by atoms with van der Waals surface area (Å²) < 4.78 is 0. The van der Waals surface area contributed by atoms with Crippen LogP contribution >= 0.6 is 0 Å². The smallest absolute Gasteiger partial charge is 0.267 e. The predicted molar refractivity (Wildman–Crippen MR) is 94.6 cm³/mol. The summed E-state index contributed by atoms with van der Waals surface area (Å²) in [4.78, 5) is 12.2. The number of hydrogen-bond acceptors (Lipinski definition) is 4. The van der Waals surface area contributed by atoms with Gasteiger partial charge < -0.3 is 15.7 Å². The van der Waals surface area contributed by atoms with Gasteiger partial charge in [0.2, 0.25) is 0 Å². The Labute approximate surface area is 141 Å². The van der Waals surface area contributed by atoms with E-state index in [1.165, 1.54) is 18.3 Å². The average molecular weight is 321 g/mol. The lowest BCUT2D eigenvalue weighted by atomic mass is 10.0. The highest BCUT2D eigenvalue weighted by Crippen LogP contribution is 2.24. The first-order chi connectivity index (χ1) is 11.5. The number of aromatic hydroxyl groups is 1. The van der Waals surface area contributed by atoms with Crippen molar-refractivity contribution in [3.8, 4) is 11.8 Å². The Morgan fingerprint density at radius 2 is 1.83 bits per heavy atom. The van der Waals surface area contributed by atoms with Crippen molar-refractivity contribution in [3.63, 3.8) is 0 Å². The van der Waals surface area contributed by atoms with E-state index in [0.29, 0.717) is 11.6 Å². The summed E-state index contributed by atoms with van der Waals surface area (Å²) >= 11 is 0. The molecule has 0 aromatic heterocycles. The van der Waals surface area contributed by atoms with Crippen LogP contribution in [-0.2, 0) is 4.79 Å². The van der Waals surface area contributed by atoms with Gasteiger partial charge in [-0.3, -0.25) is 4.79 Å². The Morgan fingerprint density at radius 1 is 1.17 bits per heavy atom. The van der Waals surface area contributed by atoms with Crippen LogP contribution in [-0.4, -0.2) is 11.0 Å². The van der Waals surface area contributed by atoms with Crippen LogP contribution in [0.3, 0.4) is 0 Å². The van der Waals surface area contributed by atoms with Crippen molar-refractivity contribution in [1.82, 2.24) is 0 Å². The molecule has 0 heterocycles. The Hall–Kier alpha value is -3.26. The zero-order valence-corrected chi connectivity index (χ0v) is 13.6. The highest BCUT2D eigenvalue weighted by molar-refractivity contribution is 6.06. The Balaban J connectivity index is 2.13. The molecule has 0 saturated heterocycles. The van der Waals surface area contributed by atoms with Crippen LogP contribution in [0.15, 0.2) is 60.3 Å². The van der Waals surface area contributed by atoms with E-state index < -0.39 is 5.91 Å². The van der Waals surface area contributed by atoms with Gasteiger partial charge in [-0.15, -0.1) is 0 Å². The molecule has 24 heavy (non-hydrogen) atoms. The number of carbonyl (C=O) groups is 1. The van der Waals surface area contributed by atoms with Gasteiger partial charge in [-0.25, -0.2) is 0 Å². The summed E-state index contributed by atoms with van der Waals surface area (Å²) in [5, 5.41) is 24.1. The fourth-order valence-corrected chi connectivity index (χ4v) is 2.17. The molecule has 0 unspecified atom stereocenters. The molecule has 2 rings (SSSR count). The maximum atomic E-state index is 12.2. The molecule has 0 saturated carbocycles. The Kier molecular flexibility index (Phi) is 5.58. The quantitative estimate of drug-likeness (QED) is 0.442. The lowest BCUT2D eigenvalue weighted by Crippen LogP contribution is -2.14. The zero-order valence-electron chi connectivity index (χ0n) is 13.6. The lowest BCUT2D eigenvalue weighted by Gasteiger charge is -2.12. The van der Waals surface area contributed by atoms with E-state index in [2.05, 4.69) is 24.5 Å². The van der Waals surface area contributed by atoms with Gasteiger partial charge in [-0.2, -0.15) is 5.26 Å². The summed E-state index contributed by atoms with van der Waals surface area (Å²) in [5.74, 6) is -0.0906. The number of benzene rings is 2. The van der Waals surface area contributed by atoms with E-state index >= 15 is 0 Å². The first-order valence-corrected chi connectivity index (χ1v) is 7.57. The minimum Gasteiger partial charge on any atom is -0.508 e. The monoisotopic (exact) mass is 321 g/mol. The molecule has 122 valence electrons. The zero-order chi connectivity index (χ0) is 17.5. The van der Waals surface area contributed by atoms with Crippen molar-refractivity contribution in [2.75, 3.05) is 10.6 Å². The van der Waals surface area contributed by atoms with E-state index in [4.69, 9.17) is 0 Å². The summed E-state index contributed by atoms with van der Waals surface area (Å²) in [6.45, 7) is 4.15. The topological polar surface area (TPSA) is 85.2 Å². The fraction of sp³-hybridized carbons (Fsp3) is 0.158. The summed E-state index contributed by atoms with van der Waals surface area (Å²) in [7, 11) is 0. The molecular formula is C19H19N3O2. The van der Waals surface area contributed by atoms with Crippen molar-refractivity contribution in [2.45, 2.75) is 19.8 Å². The Bertz CT molecular complexity index is 787. The van der Waals surface area contributed by atoms with Crippen molar-refractivity contribution < 1.29 is 9.90 Å². The van der Waals surface area contributed by atoms with Gasteiger partial charge in [0, 0.05) is 17.6 Å². The molecule has 2 aromatic carbocycles. The highest BCUT2D eigenvalue weighted by Gasteiger charge is 2.10. The number of anilines is 2. The van der Waals surface area contributed by atoms with E-state index in [1.54, 1.807) is 12.1 Å². The number of nitrogens with one attached hydrogen (secondary N) is 2. The number of nitrogens with zero attached hydrogens (tertiary/aromatic N) is 1. The number of phenols is 1. The number of amides is 1. The minimum atomic E-state index is -0.516. The second-order valence-corrected chi connectivity index (χ2v) is 5.56. The van der Waals surface area contributed by atoms with Crippen molar-refractivity contribution in [2.24, 2.45) is 0 Å². The number of rotatable bonds is 5. The SMILES string of the molecule is CC(C)c1ccccc1N/C=C(/C#N)C(=O)Nc1ccc(O)cc1. The molecule has 0 radical (unpaired) electrons. The van der Waals surface area contributed by atoms with Crippen LogP contribution in [0.2, 0.25) is 0 Å². The molecular weight excluding hydrogens is 302 g/mol. The van der Waals surface area contributed by atoms with Crippen LogP contribution in [0.5, 0.6) is 5.75 Å². The van der Waals surface area contributed by atoms with Gasteiger partial charge in [0.05, 0.1) is 0 Å². The summed E-state index contributed by atoms with van der Waals surface area (Å²) in [6.07, 6.45) is 1.40. The number of hydrogen-bond donors (Lipinski definition) is 3. The van der Waals surface area contributed by atoms with Gasteiger partial charge >= 0.3 is 0 Å². The molecule has 0 fully saturated rings. The standard InChI is InChI=1S/C19H19N3O2/c1-13(2)17-5-3-4-6-18(17)21-12-14(11-20)19(24)22-15-7-9-16(23)10-8-15/h3-10,12-13,21,23H,1-2H3,(H,22,24)/b14-12-. The highest BCUT2D eigenvalue weighted by atomic mass is 16.3. The van der Waals surface area contributed by atoms with Gasteiger partial charge in [0.25, 0.3) is 5.91 Å². The molecule has 3 N–H and O–H groups in total. The number of para-hydroxylation sites is 1. The van der Waals surface area contributed by atoms with Crippen LogP contribution < -0.4 is 10.6 Å². The molecule has 0 aliphatic carbocycles. The van der Waals surface area contributed by atoms with E-state index in [-0.39, 0.29) is 11.3 Å². The average Bonchev–Trinajstić information content (AvgIpc) is 2.57. The molecule has 0 bridgehead atoms. The first kappa shape index (κ1) is 17.1. The molecule has 0 atom stereocenters. The number of phenolic OH excluding ortho intramolecular Hbond substituents is 1. The fourth-order valence-electron chi connectivity index (χ4n) is 2.17. The lowest BCUT2D eigenvalue weighted by molar-refractivity contribution is -0.112. The van der Waals surface area contributed by atoms with Crippen LogP contribution in [0.4, 0.5) is 11.4 Å². The molecule has 5 heteroatoms. The van der Waals surface area contributed by atoms with Gasteiger partial charge in [-0.05, 0) is 41.8 Å². The molecule has 2 aromatic rings. The van der Waals surface area contributed by atoms with Crippen LogP contribution in [0.25, 0.3) is 0 Å². The molecule has 0 spiro atoms. The third-order valence-corrected chi connectivity index (χ3v) is 3.45. The predicted octanol–water partition coefficient (Wildman–Crippen LogP) is 3.97. The van der Waals surface area contributed by atoms with E-state index in [1.807, 2.05) is 30.3 Å². The maximum absolute atomic E-state index is 12.2.